The molecule has 2 atom stereocenters. The molecule has 9 heteroatoms. The topological polar surface area (TPSA) is 84.4 Å². The minimum atomic E-state index is -0.442. The van der Waals surface area contributed by atoms with Crippen molar-refractivity contribution in [2.24, 2.45) is 0 Å². The van der Waals surface area contributed by atoms with E-state index in [1.54, 1.807) is 43.5 Å². The van der Waals surface area contributed by atoms with Crippen LogP contribution in [0, 0.1) is 22.9 Å². The molecule has 1 N–H and O–H groups in total. The largest absolute Gasteiger partial charge is 0.459 e. The maximum Gasteiger partial charge on any atom is 0.270 e. The molecule has 1 aliphatic rings. The molecule has 0 spiro atoms. The Morgan fingerprint density at radius 2 is 1.97 bits per heavy atom. The van der Waals surface area contributed by atoms with Crippen LogP contribution in [0.4, 0.5) is 15.8 Å². The van der Waals surface area contributed by atoms with Crippen LogP contribution in [0.3, 0.4) is 0 Å². The Kier molecular flexibility index (Phi) is 5.54. The van der Waals surface area contributed by atoms with E-state index < -0.39 is 11.0 Å². The smallest absolute Gasteiger partial charge is 0.270 e. The number of thiocarbonyl (C=S) groups is 1. The van der Waals surface area contributed by atoms with Gasteiger partial charge in [0.05, 0.1) is 16.7 Å². The van der Waals surface area contributed by atoms with Crippen molar-refractivity contribution in [2.75, 3.05) is 4.90 Å². The van der Waals surface area contributed by atoms with E-state index in [0.717, 1.165) is 5.69 Å². The third-order valence-corrected chi connectivity index (χ3v) is 6.09. The number of furan rings is 1. The van der Waals surface area contributed by atoms with Gasteiger partial charge in [0.2, 0.25) is 0 Å². The number of nitro groups is 1. The van der Waals surface area contributed by atoms with Crippen molar-refractivity contribution in [3.8, 4) is 11.3 Å². The molecular formula is C25H19FN4O3S. The standard InChI is InChI=1S/C25H19FN4O3S/c1-15-13-17(8-9-19(15)26)29-24(23(28-25(29)34)20-7-2-3-12-27-20)22-11-10-21(33-22)16-5-4-6-18(14-16)30(31)32/h2-14,23-24H,1H3,(H,28,34)/t23-,24-/m1/s1. The molecule has 0 radical (unpaired) electrons. The average molecular weight is 475 g/mol. The van der Waals surface area contributed by atoms with Crippen molar-refractivity contribution in [1.82, 2.24) is 10.3 Å². The predicted molar refractivity (Wildman–Crippen MR) is 130 cm³/mol. The van der Waals surface area contributed by atoms with Crippen LogP contribution in [0.15, 0.2) is 83.4 Å². The second kappa shape index (κ2) is 8.68. The lowest BCUT2D eigenvalue weighted by Crippen LogP contribution is -2.29. The molecule has 170 valence electrons. The van der Waals surface area contributed by atoms with Crippen molar-refractivity contribution in [1.29, 1.82) is 0 Å². The number of hydrogen-bond donors (Lipinski definition) is 1. The Morgan fingerprint density at radius 3 is 2.71 bits per heavy atom. The van der Waals surface area contributed by atoms with Crippen LogP contribution in [0.25, 0.3) is 11.3 Å². The molecule has 0 unspecified atom stereocenters. The van der Waals surface area contributed by atoms with E-state index >= 15 is 0 Å². The highest BCUT2D eigenvalue weighted by atomic mass is 32.1. The first-order valence-corrected chi connectivity index (χ1v) is 10.9. The molecule has 0 amide bonds. The summed E-state index contributed by atoms with van der Waals surface area (Å²) < 4.78 is 20.2. The van der Waals surface area contributed by atoms with E-state index in [0.29, 0.717) is 33.4 Å². The van der Waals surface area contributed by atoms with Gasteiger partial charge in [0.25, 0.3) is 5.69 Å². The van der Waals surface area contributed by atoms with Crippen LogP contribution < -0.4 is 10.2 Å². The number of nitrogens with zero attached hydrogens (tertiary/aromatic N) is 3. The zero-order valence-corrected chi connectivity index (χ0v) is 18.8. The number of nitro benzene ring substituents is 1. The van der Waals surface area contributed by atoms with Crippen molar-refractivity contribution >= 4 is 28.7 Å². The number of benzene rings is 2. The second-order valence-electron chi connectivity index (χ2n) is 7.94. The highest BCUT2D eigenvalue weighted by Crippen LogP contribution is 2.43. The summed E-state index contributed by atoms with van der Waals surface area (Å²) in [5.74, 6) is 0.781. The minimum Gasteiger partial charge on any atom is -0.459 e. The highest BCUT2D eigenvalue weighted by Gasteiger charge is 2.42. The number of non-ortho nitro benzene ring substituents is 1. The molecule has 3 heterocycles. The summed E-state index contributed by atoms with van der Waals surface area (Å²) in [7, 11) is 0. The van der Waals surface area contributed by atoms with Crippen LogP contribution in [0.1, 0.15) is 29.1 Å². The maximum atomic E-state index is 14.0. The lowest BCUT2D eigenvalue weighted by atomic mass is 10.0. The van der Waals surface area contributed by atoms with E-state index in [9.17, 15) is 14.5 Å². The van der Waals surface area contributed by atoms with Gasteiger partial charge < -0.3 is 14.6 Å². The van der Waals surface area contributed by atoms with E-state index in [1.165, 1.54) is 18.2 Å². The summed E-state index contributed by atoms with van der Waals surface area (Å²) in [5.41, 5.74) is 2.55. The molecule has 2 aromatic carbocycles. The lowest BCUT2D eigenvalue weighted by molar-refractivity contribution is -0.384. The van der Waals surface area contributed by atoms with Gasteiger partial charge in [-0.3, -0.25) is 15.1 Å². The Hall–Kier alpha value is -4.11. The Labute approximate surface area is 200 Å². The number of hydrogen-bond acceptors (Lipinski definition) is 5. The van der Waals surface area contributed by atoms with Crippen molar-refractivity contribution in [3.05, 3.63) is 112 Å². The number of halogens is 1. The van der Waals surface area contributed by atoms with Crippen LogP contribution in [0.5, 0.6) is 0 Å². The number of nitrogens with one attached hydrogen (secondary N) is 1. The van der Waals surface area contributed by atoms with Gasteiger partial charge in [0.1, 0.15) is 23.4 Å². The monoisotopic (exact) mass is 474 g/mol. The van der Waals surface area contributed by atoms with E-state index in [2.05, 4.69) is 10.3 Å². The zero-order chi connectivity index (χ0) is 23.8. The fourth-order valence-electron chi connectivity index (χ4n) is 4.14. The normalized spacial score (nSPS) is 17.6. The molecule has 5 rings (SSSR count). The summed E-state index contributed by atoms with van der Waals surface area (Å²) in [6, 6.07) is 19.6. The van der Waals surface area contributed by atoms with Crippen LogP contribution in [-0.2, 0) is 0 Å². The second-order valence-corrected chi connectivity index (χ2v) is 8.33. The van der Waals surface area contributed by atoms with Crippen molar-refractivity contribution < 1.29 is 13.7 Å². The van der Waals surface area contributed by atoms with Gasteiger partial charge in [-0.2, -0.15) is 0 Å². The third-order valence-electron chi connectivity index (χ3n) is 5.78. The first kappa shape index (κ1) is 21.7. The van der Waals surface area contributed by atoms with E-state index in [4.69, 9.17) is 16.6 Å². The summed E-state index contributed by atoms with van der Waals surface area (Å²) >= 11 is 5.68. The number of pyridine rings is 1. The Balaban J connectivity index is 1.60. The lowest BCUT2D eigenvalue weighted by Gasteiger charge is -2.26. The molecule has 7 nitrogen and oxygen atoms in total. The molecule has 1 aliphatic heterocycles. The highest BCUT2D eigenvalue weighted by molar-refractivity contribution is 7.80. The van der Waals surface area contributed by atoms with Crippen LogP contribution in [0.2, 0.25) is 0 Å². The number of aryl methyl sites for hydroxylation is 1. The molecule has 4 aromatic rings. The van der Waals surface area contributed by atoms with Crippen LogP contribution in [-0.4, -0.2) is 15.0 Å². The van der Waals surface area contributed by atoms with Gasteiger partial charge in [0, 0.05) is 29.6 Å². The van der Waals surface area contributed by atoms with Crippen molar-refractivity contribution in [3.63, 3.8) is 0 Å². The SMILES string of the molecule is Cc1cc(N2C(=S)N[C@H](c3ccccn3)[C@H]2c2ccc(-c3cccc([N+](=O)[O-])c3)o2)ccc1F. The van der Waals surface area contributed by atoms with Gasteiger partial charge in [-0.15, -0.1) is 0 Å². The summed E-state index contributed by atoms with van der Waals surface area (Å²) in [6.07, 6.45) is 1.71. The van der Waals surface area contributed by atoms with Crippen LogP contribution >= 0.6 is 12.2 Å². The summed E-state index contributed by atoms with van der Waals surface area (Å²) in [5, 5.41) is 15.0. The number of rotatable bonds is 5. The molecule has 34 heavy (non-hydrogen) atoms. The molecular weight excluding hydrogens is 455 g/mol. The summed E-state index contributed by atoms with van der Waals surface area (Å²) in [4.78, 5) is 17.1. The zero-order valence-electron chi connectivity index (χ0n) is 18.0. The maximum absolute atomic E-state index is 14.0. The molecule has 0 saturated carbocycles. The first-order valence-electron chi connectivity index (χ1n) is 10.5. The third kappa shape index (κ3) is 3.90. The first-order chi connectivity index (χ1) is 16.4. The fourth-order valence-corrected chi connectivity index (χ4v) is 4.49. The molecule has 0 bridgehead atoms. The molecule has 2 aromatic heterocycles. The van der Waals surface area contributed by atoms with E-state index in [-0.39, 0.29) is 17.5 Å². The minimum absolute atomic E-state index is 0.0195. The Bertz CT molecular complexity index is 1390. The molecule has 1 saturated heterocycles. The average Bonchev–Trinajstić information content (AvgIpc) is 3.46. The summed E-state index contributed by atoms with van der Waals surface area (Å²) in [6.45, 7) is 1.70. The van der Waals surface area contributed by atoms with E-state index in [1.807, 2.05) is 29.2 Å². The van der Waals surface area contributed by atoms with Gasteiger partial charge in [-0.05, 0) is 67.2 Å². The fraction of sp³-hybridized carbons (Fsp3) is 0.120. The molecule has 0 aliphatic carbocycles. The predicted octanol–water partition coefficient (Wildman–Crippen LogP) is 5.87. The van der Waals surface area contributed by atoms with Gasteiger partial charge in [-0.25, -0.2) is 4.39 Å². The number of aromatic nitrogens is 1. The van der Waals surface area contributed by atoms with Crippen molar-refractivity contribution in [2.45, 2.75) is 19.0 Å². The molecule has 1 fully saturated rings. The van der Waals surface area contributed by atoms with Gasteiger partial charge >= 0.3 is 0 Å². The van der Waals surface area contributed by atoms with Gasteiger partial charge in [-0.1, -0.05) is 18.2 Å². The quantitative estimate of drug-likeness (QED) is 0.220. The Morgan fingerprint density at radius 1 is 1.12 bits per heavy atom. The van der Waals surface area contributed by atoms with Gasteiger partial charge in [0.15, 0.2) is 5.11 Å². The number of anilines is 1.